The average Bonchev–Trinajstić information content (AvgIpc) is 2.46. The fraction of sp³-hybridized carbons (Fsp3) is 0.176. The topological polar surface area (TPSA) is 69.4 Å². The van der Waals surface area contributed by atoms with E-state index in [9.17, 15) is 9.59 Å². The molecule has 0 radical (unpaired) electrons. The number of hydrogen-bond acceptors (Lipinski definition) is 3. The first-order valence-electron chi connectivity index (χ1n) is 6.68. The third-order valence-electron chi connectivity index (χ3n) is 3.17. The molecule has 108 valence electrons. The first-order chi connectivity index (χ1) is 10.1. The van der Waals surface area contributed by atoms with Crippen LogP contribution in [0.4, 0.5) is 0 Å². The van der Waals surface area contributed by atoms with Gasteiger partial charge in [-0.25, -0.2) is 0 Å². The molecule has 4 nitrogen and oxygen atoms in total. The van der Waals surface area contributed by atoms with Gasteiger partial charge in [0.2, 0.25) is 5.91 Å². The monoisotopic (exact) mass is 283 g/mol. The molecule has 0 fully saturated rings. The minimum atomic E-state index is -0.539. The summed E-state index contributed by atoms with van der Waals surface area (Å²) in [5.74, 6) is -1.03. The lowest BCUT2D eigenvalue weighted by atomic mass is 9.91. The van der Waals surface area contributed by atoms with Crippen LogP contribution in [-0.2, 0) is 16.0 Å². The Balaban J connectivity index is 2.35. The van der Waals surface area contributed by atoms with Crippen molar-refractivity contribution in [2.24, 2.45) is 5.73 Å². The van der Waals surface area contributed by atoms with Crippen LogP contribution in [0.2, 0.25) is 0 Å². The van der Waals surface area contributed by atoms with Crippen molar-refractivity contribution in [3.05, 3.63) is 65.7 Å². The van der Waals surface area contributed by atoms with Crippen molar-refractivity contribution in [1.29, 1.82) is 0 Å². The minimum absolute atomic E-state index is 0.379. The highest BCUT2D eigenvalue weighted by Crippen LogP contribution is 2.29. The van der Waals surface area contributed by atoms with E-state index in [1.165, 1.54) is 6.92 Å². The first-order valence-corrected chi connectivity index (χ1v) is 6.68. The summed E-state index contributed by atoms with van der Waals surface area (Å²) < 4.78 is 5.17. The zero-order valence-corrected chi connectivity index (χ0v) is 11.8. The van der Waals surface area contributed by atoms with Gasteiger partial charge < -0.3 is 10.5 Å². The quantitative estimate of drug-likeness (QED) is 0.676. The molecule has 0 aromatic heterocycles. The van der Waals surface area contributed by atoms with Crippen molar-refractivity contribution < 1.29 is 14.3 Å². The van der Waals surface area contributed by atoms with Gasteiger partial charge in [0, 0.05) is 12.5 Å². The van der Waals surface area contributed by atoms with E-state index in [0.717, 1.165) is 5.56 Å². The van der Waals surface area contributed by atoms with Crippen LogP contribution >= 0.6 is 0 Å². The van der Waals surface area contributed by atoms with Gasteiger partial charge >= 0.3 is 5.97 Å². The fourth-order valence-electron chi connectivity index (χ4n) is 2.23. The molecule has 2 N–H and O–H groups in total. The van der Waals surface area contributed by atoms with Crippen LogP contribution in [0.3, 0.4) is 0 Å². The second-order valence-electron chi connectivity index (χ2n) is 4.78. The number of esters is 1. The predicted octanol–water partition coefficient (Wildman–Crippen LogP) is 2.42. The van der Waals surface area contributed by atoms with Crippen molar-refractivity contribution in [3.63, 3.8) is 0 Å². The summed E-state index contributed by atoms with van der Waals surface area (Å²) in [6, 6.07) is 16.6. The zero-order valence-electron chi connectivity index (χ0n) is 11.8. The molecule has 0 heterocycles. The molecule has 0 aliphatic rings. The molecule has 2 aromatic carbocycles. The standard InChI is InChI=1S/C17H17NO3/c1-12(19)21-16-10-6-5-9-14(16)15(17(18)20)11-13-7-3-2-4-8-13/h2-10,15H,11H2,1H3,(H2,18,20). The van der Waals surface area contributed by atoms with Gasteiger partial charge in [0.25, 0.3) is 0 Å². The zero-order chi connectivity index (χ0) is 15.2. The molecule has 0 aliphatic carbocycles. The Morgan fingerprint density at radius 1 is 1.05 bits per heavy atom. The molecular weight excluding hydrogens is 266 g/mol. The van der Waals surface area contributed by atoms with Crippen LogP contribution in [0.15, 0.2) is 54.6 Å². The SMILES string of the molecule is CC(=O)Oc1ccccc1C(Cc1ccccc1)C(N)=O. The van der Waals surface area contributed by atoms with Crippen molar-refractivity contribution in [3.8, 4) is 5.75 Å². The summed E-state index contributed by atoms with van der Waals surface area (Å²) in [7, 11) is 0. The molecule has 0 saturated carbocycles. The maximum Gasteiger partial charge on any atom is 0.308 e. The molecule has 1 atom stereocenters. The van der Waals surface area contributed by atoms with E-state index >= 15 is 0 Å². The molecule has 0 bridgehead atoms. The second kappa shape index (κ2) is 6.70. The molecule has 2 rings (SSSR count). The van der Waals surface area contributed by atoms with Crippen molar-refractivity contribution in [1.82, 2.24) is 0 Å². The maximum atomic E-state index is 11.8. The molecule has 1 unspecified atom stereocenters. The lowest BCUT2D eigenvalue weighted by Gasteiger charge is -2.17. The third-order valence-corrected chi connectivity index (χ3v) is 3.17. The van der Waals surface area contributed by atoms with Gasteiger partial charge in [-0.15, -0.1) is 0 Å². The lowest BCUT2D eigenvalue weighted by molar-refractivity contribution is -0.132. The molecule has 0 saturated heterocycles. The van der Waals surface area contributed by atoms with Crippen LogP contribution in [-0.4, -0.2) is 11.9 Å². The Bertz CT molecular complexity index is 637. The number of ether oxygens (including phenoxy) is 1. The van der Waals surface area contributed by atoms with E-state index in [0.29, 0.717) is 17.7 Å². The maximum absolute atomic E-state index is 11.8. The number of benzene rings is 2. The Kier molecular flexibility index (Phi) is 4.72. The highest BCUT2D eigenvalue weighted by molar-refractivity contribution is 5.83. The normalized spacial score (nSPS) is 11.7. The van der Waals surface area contributed by atoms with Gasteiger partial charge in [0.15, 0.2) is 0 Å². The molecule has 4 heteroatoms. The summed E-state index contributed by atoms with van der Waals surface area (Å²) in [4.78, 5) is 23.0. The second-order valence-corrected chi connectivity index (χ2v) is 4.78. The van der Waals surface area contributed by atoms with Crippen molar-refractivity contribution >= 4 is 11.9 Å². The van der Waals surface area contributed by atoms with E-state index in [1.54, 1.807) is 24.3 Å². The molecular formula is C17H17NO3. The van der Waals surface area contributed by atoms with E-state index < -0.39 is 17.8 Å². The Labute approximate surface area is 123 Å². The number of primary amides is 1. The lowest BCUT2D eigenvalue weighted by Crippen LogP contribution is -2.24. The third kappa shape index (κ3) is 3.92. The Hall–Kier alpha value is -2.62. The number of carbonyl (C=O) groups is 2. The number of nitrogens with two attached hydrogens (primary N) is 1. The summed E-state index contributed by atoms with van der Waals surface area (Å²) in [6.07, 6.45) is 0.467. The summed E-state index contributed by atoms with van der Waals surface area (Å²) in [5.41, 5.74) is 7.16. The summed E-state index contributed by atoms with van der Waals surface area (Å²) in [6.45, 7) is 1.33. The Morgan fingerprint density at radius 3 is 2.29 bits per heavy atom. The van der Waals surface area contributed by atoms with Gasteiger partial charge in [-0.3, -0.25) is 9.59 Å². The van der Waals surface area contributed by atoms with Crippen LogP contribution < -0.4 is 10.5 Å². The number of para-hydroxylation sites is 1. The van der Waals surface area contributed by atoms with Crippen LogP contribution in [0.25, 0.3) is 0 Å². The van der Waals surface area contributed by atoms with Crippen LogP contribution in [0, 0.1) is 0 Å². The van der Waals surface area contributed by atoms with Crippen LogP contribution in [0.1, 0.15) is 24.0 Å². The van der Waals surface area contributed by atoms with E-state index in [4.69, 9.17) is 10.5 Å². The largest absolute Gasteiger partial charge is 0.426 e. The van der Waals surface area contributed by atoms with E-state index in [2.05, 4.69) is 0 Å². The van der Waals surface area contributed by atoms with Gasteiger partial charge in [-0.1, -0.05) is 48.5 Å². The van der Waals surface area contributed by atoms with Gasteiger partial charge in [0.1, 0.15) is 5.75 Å². The number of hydrogen-bond donors (Lipinski definition) is 1. The van der Waals surface area contributed by atoms with E-state index in [-0.39, 0.29) is 0 Å². The molecule has 21 heavy (non-hydrogen) atoms. The summed E-state index contributed by atoms with van der Waals surface area (Å²) in [5, 5.41) is 0. The number of amides is 1. The molecule has 2 aromatic rings. The molecule has 1 amide bonds. The van der Waals surface area contributed by atoms with E-state index in [1.807, 2.05) is 30.3 Å². The Morgan fingerprint density at radius 2 is 1.67 bits per heavy atom. The number of carbonyl (C=O) groups excluding carboxylic acids is 2. The van der Waals surface area contributed by atoms with Gasteiger partial charge in [0.05, 0.1) is 5.92 Å². The average molecular weight is 283 g/mol. The van der Waals surface area contributed by atoms with Crippen molar-refractivity contribution in [2.45, 2.75) is 19.3 Å². The van der Waals surface area contributed by atoms with Gasteiger partial charge in [-0.2, -0.15) is 0 Å². The molecule has 0 spiro atoms. The smallest absolute Gasteiger partial charge is 0.308 e. The highest BCUT2D eigenvalue weighted by Gasteiger charge is 2.22. The fourth-order valence-corrected chi connectivity index (χ4v) is 2.23. The van der Waals surface area contributed by atoms with Crippen molar-refractivity contribution in [2.75, 3.05) is 0 Å². The predicted molar refractivity (Wildman–Crippen MR) is 79.8 cm³/mol. The van der Waals surface area contributed by atoms with Crippen LogP contribution in [0.5, 0.6) is 5.75 Å². The first kappa shape index (κ1) is 14.8. The molecule has 0 aliphatic heterocycles. The minimum Gasteiger partial charge on any atom is -0.426 e. The summed E-state index contributed by atoms with van der Waals surface area (Å²) >= 11 is 0. The number of rotatable bonds is 5. The van der Waals surface area contributed by atoms with Gasteiger partial charge in [-0.05, 0) is 18.1 Å². The highest BCUT2D eigenvalue weighted by atomic mass is 16.5.